The van der Waals surface area contributed by atoms with Crippen molar-refractivity contribution in [2.24, 2.45) is 0 Å². The summed E-state index contributed by atoms with van der Waals surface area (Å²) in [6.45, 7) is 4.56. The lowest BCUT2D eigenvalue weighted by Crippen LogP contribution is -2.12. The van der Waals surface area contributed by atoms with Gasteiger partial charge in [-0.15, -0.1) is 5.10 Å². The van der Waals surface area contributed by atoms with E-state index in [0.717, 1.165) is 12.0 Å². The Kier molecular flexibility index (Phi) is 7.27. The molecular weight excluding hydrogens is 378 g/mol. The molecule has 6 nitrogen and oxygen atoms in total. The van der Waals surface area contributed by atoms with Gasteiger partial charge < -0.3 is 4.74 Å². The van der Waals surface area contributed by atoms with Crippen LogP contribution < -0.4 is 0 Å². The Morgan fingerprint density at radius 2 is 1.83 bits per heavy atom. The third kappa shape index (κ3) is 5.98. The first-order valence-electron chi connectivity index (χ1n) is 9.97. The van der Waals surface area contributed by atoms with Gasteiger partial charge in [0.2, 0.25) is 0 Å². The molecule has 1 heterocycles. The molecule has 0 radical (unpaired) electrons. The van der Waals surface area contributed by atoms with Crippen molar-refractivity contribution >= 4 is 17.8 Å². The largest absolute Gasteiger partial charge is 0.454 e. The van der Waals surface area contributed by atoms with Crippen LogP contribution >= 0.6 is 0 Å². The zero-order valence-corrected chi connectivity index (χ0v) is 17.2. The van der Waals surface area contributed by atoms with Crippen LogP contribution in [0.1, 0.15) is 53.4 Å². The molecular formula is C24H25N3O3. The third-order valence-electron chi connectivity index (χ3n) is 4.89. The first-order valence-corrected chi connectivity index (χ1v) is 9.97. The van der Waals surface area contributed by atoms with Gasteiger partial charge in [0.25, 0.3) is 0 Å². The fourth-order valence-electron chi connectivity index (χ4n) is 2.89. The van der Waals surface area contributed by atoms with Crippen molar-refractivity contribution in [3.63, 3.8) is 0 Å². The SMILES string of the molecule is CC[C@@H](C)c1ccc(C(=O)COC(=O)/C=C/c2cn(Cc3ccccc3)nn2)cc1. The quantitative estimate of drug-likeness (QED) is 0.303. The van der Waals surface area contributed by atoms with E-state index in [1.807, 2.05) is 42.5 Å². The maximum Gasteiger partial charge on any atom is 0.331 e. The topological polar surface area (TPSA) is 74.1 Å². The summed E-state index contributed by atoms with van der Waals surface area (Å²) < 4.78 is 6.74. The highest BCUT2D eigenvalue weighted by Gasteiger charge is 2.10. The molecule has 154 valence electrons. The van der Waals surface area contributed by atoms with Crippen LogP contribution in [0, 0.1) is 0 Å². The Morgan fingerprint density at radius 3 is 2.53 bits per heavy atom. The Bertz CT molecular complexity index is 1010. The van der Waals surface area contributed by atoms with Crippen LogP contribution in [0.5, 0.6) is 0 Å². The Labute approximate surface area is 176 Å². The number of ketones is 1. The van der Waals surface area contributed by atoms with Crippen molar-refractivity contribution in [1.29, 1.82) is 0 Å². The zero-order chi connectivity index (χ0) is 21.3. The minimum absolute atomic E-state index is 0.235. The predicted molar refractivity (Wildman–Crippen MR) is 115 cm³/mol. The lowest BCUT2D eigenvalue weighted by Gasteiger charge is -2.09. The van der Waals surface area contributed by atoms with Crippen LogP contribution in [0.4, 0.5) is 0 Å². The molecule has 0 aliphatic rings. The van der Waals surface area contributed by atoms with E-state index in [1.54, 1.807) is 23.0 Å². The van der Waals surface area contributed by atoms with Gasteiger partial charge in [0.05, 0.1) is 12.7 Å². The van der Waals surface area contributed by atoms with E-state index >= 15 is 0 Å². The molecule has 0 N–H and O–H groups in total. The molecule has 0 aliphatic heterocycles. The highest BCUT2D eigenvalue weighted by Crippen LogP contribution is 2.19. The van der Waals surface area contributed by atoms with Crippen molar-refractivity contribution < 1.29 is 14.3 Å². The number of aromatic nitrogens is 3. The average Bonchev–Trinajstić information content (AvgIpc) is 3.23. The number of carbonyl (C=O) groups excluding carboxylic acids is 2. The monoisotopic (exact) mass is 403 g/mol. The van der Waals surface area contributed by atoms with Crippen LogP contribution in [0.25, 0.3) is 6.08 Å². The summed E-state index contributed by atoms with van der Waals surface area (Å²) in [4.78, 5) is 24.1. The molecule has 1 aromatic heterocycles. The van der Waals surface area contributed by atoms with E-state index in [-0.39, 0.29) is 12.4 Å². The van der Waals surface area contributed by atoms with Gasteiger partial charge in [0.15, 0.2) is 12.4 Å². The molecule has 0 unspecified atom stereocenters. The van der Waals surface area contributed by atoms with Gasteiger partial charge in [-0.2, -0.15) is 0 Å². The number of ether oxygens (including phenoxy) is 1. The molecule has 0 aliphatic carbocycles. The van der Waals surface area contributed by atoms with Gasteiger partial charge in [0.1, 0.15) is 5.69 Å². The number of hydrogen-bond donors (Lipinski definition) is 0. The Balaban J connectivity index is 1.48. The fraction of sp³-hybridized carbons (Fsp3) is 0.250. The Hall–Kier alpha value is -3.54. The van der Waals surface area contributed by atoms with E-state index in [9.17, 15) is 9.59 Å². The number of Topliss-reactive ketones (excluding diaryl/α,β-unsaturated/α-hetero) is 1. The standard InChI is InChI=1S/C24H25N3O3/c1-3-18(2)20-9-11-21(12-10-20)23(28)17-30-24(29)14-13-22-16-27(26-25-22)15-19-7-5-4-6-8-19/h4-14,16,18H,3,15,17H2,1-2H3/b14-13+/t18-/m1/s1. The smallest absolute Gasteiger partial charge is 0.331 e. The number of rotatable bonds is 9. The minimum atomic E-state index is -0.600. The lowest BCUT2D eigenvalue weighted by molar-refractivity contribution is -0.136. The summed E-state index contributed by atoms with van der Waals surface area (Å²) in [5.41, 5.74) is 3.36. The summed E-state index contributed by atoms with van der Waals surface area (Å²) in [5.74, 6) is -0.388. The highest BCUT2D eigenvalue weighted by atomic mass is 16.5. The van der Waals surface area contributed by atoms with E-state index in [2.05, 4.69) is 24.2 Å². The van der Waals surface area contributed by atoms with Gasteiger partial charge >= 0.3 is 5.97 Å². The number of nitrogens with zero attached hydrogens (tertiary/aromatic N) is 3. The van der Waals surface area contributed by atoms with Crippen molar-refractivity contribution in [2.75, 3.05) is 6.61 Å². The summed E-state index contributed by atoms with van der Waals surface area (Å²) in [5, 5.41) is 8.05. The molecule has 1 atom stereocenters. The summed E-state index contributed by atoms with van der Waals surface area (Å²) in [7, 11) is 0. The molecule has 0 spiro atoms. The summed E-state index contributed by atoms with van der Waals surface area (Å²) >= 11 is 0. The van der Waals surface area contributed by atoms with Crippen molar-refractivity contribution in [1.82, 2.24) is 15.0 Å². The van der Waals surface area contributed by atoms with Gasteiger partial charge in [-0.3, -0.25) is 4.79 Å². The lowest BCUT2D eigenvalue weighted by atomic mass is 9.97. The number of benzene rings is 2. The second-order valence-electron chi connectivity index (χ2n) is 7.12. The number of carbonyl (C=O) groups is 2. The first-order chi connectivity index (χ1) is 14.5. The first kappa shape index (κ1) is 21.2. The molecule has 0 amide bonds. The normalized spacial score (nSPS) is 12.1. The van der Waals surface area contributed by atoms with E-state index < -0.39 is 5.97 Å². The molecule has 6 heteroatoms. The van der Waals surface area contributed by atoms with Gasteiger partial charge in [-0.1, -0.05) is 73.7 Å². The van der Waals surface area contributed by atoms with Gasteiger partial charge in [-0.05, 0) is 29.5 Å². The molecule has 3 aromatic rings. The van der Waals surface area contributed by atoms with E-state index in [0.29, 0.717) is 23.7 Å². The second kappa shape index (κ2) is 10.3. The molecule has 0 saturated carbocycles. The fourth-order valence-corrected chi connectivity index (χ4v) is 2.89. The van der Waals surface area contributed by atoms with E-state index in [1.165, 1.54) is 17.7 Å². The van der Waals surface area contributed by atoms with Crippen molar-refractivity contribution in [3.8, 4) is 0 Å². The molecule has 2 aromatic carbocycles. The van der Waals surface area contributed by atoms with Crippen LogP contribution in [-0.2, 0) is 16.1 Å². The number of esters is 1. The van der Waals surface area contributed by atoms with Crippen molar-refractivity contribution in [2.45, 2.75) is 32.7 Å². The average molecular weight is 403 g/mol. The van der Waals surface area contributed by atoms with Crippen LogP contribution in [0.15, 0.2) is 66.9 Å². The van der Waals surface area contributed by atoms with E-state index in [4.69, 9.17) is 4.74 Å². The summed E-state index contributed by atoms with van der Waals surface area (Å²) in [6, 6.07) is 17.3. The number of hydrogen-bond acceptors (Lipinski definition) is 5. The van der Waals surface area contributed by atoms with Crippen LogP contribution in [0.2, 0.25) is 0 Å². The maximum atomic E-state index is 12.2. The zero-order valence-electron chi connectivity index (χ0n) is 17.2. The summed E-state index contributed by atoms with van der Waals surface area (Å²) in [6.07, 6.45) is 5.54. The molecule has 0 fully saturated rings. The molecule has 0 bridgehead atoms. The minimum Gasteiger partial charge on any atom is -0.454 e. The molecule has 30 heavy (non-hydrogen) atoms. The maximum absolute atomic E-state index is 12.2. The third-order valence-corrected chi connectivity index (χ3v) is 4.89. The van der Waals surface area contributed by atoms with Crippen molar-refractivity contribution in [3.05, 3.63) is 89.3 Å². The van der Waals surface area contributed by atoms with Crippen LogP contribution in [0.3, 0.4) is 0 Å². The molecule has 3 rings (SSSR count). The Morgan fingerprint density at radius 1 is 1.10 bits per heavy atom. The molecule has 0 saturated heterocycles. The predicted octanol–water partition coefficient (Wildman–Crippen LogP) is 4.28. The van der Waals surface area contributed by atoms with Gasteiger partial charge in [-0.25, -0.2) is 9.48 Å². The van der Waals surface area contributed by atoms with Crippen LogP contribution in [-0.4, -0.2) is 33.4 Å². The van der Waals surface area contributed by atoms with Gasteiger partial charge in [0, 0.05) is 11.6 Å². The second-order valence-corrected chi connectivity index (χ2v) is 7.12. The highest BCUT2D eigenvalue weighted by molar-refractivity contribution is 5.98.